The van der Waals surface area contributed by atoms with Crippen LogP contribution in [-0.4, -0.2) is 33.5 Å². The molecule has 162 valence electrons. The summed E-state index contributed by atoms with van der Waals surface area (Å²) in [5.74, 6) is -0.190. The molecule has 1 aromatic carbocycles. The van der Waals surface area contributed by atoms with Gasteiger partial charge in [0.15, 0.2) is 5.60 Å². The molecular weight excluding hydrogens is 400 g/mol. The van der Waals surface area contributed by atoms with Gasteiger partial charge in [-0.2, -0.15) is 13.2 Å². The molecule has 1 N–H and O–H groups in total. The van der Waals surface area contributed by atoms with Crippen molar-refractivity contribution in [2.75, 3.05) is 7.11 Å². The Labute approximate surface area is 172 Å². The van der Waals surface area contributed by atoms with Gasteiger partial charge in [0, 0.05) is 17.6 Å². The largest absolute Gasteiger partial charge is 0.481 e. The second kappa shape index (κ2) is 7.58. The smallest absolute Gasteiger partial charge is 0.418 e. The van der Waals surface area contributed by atoms with E-state index in [1.165, 1.54) is 42.3 Å². The maximum absolute atomic E-state index is 14.1. The van der Waals surface area contributed by atoms with Crippen LogP contribution in [0, 0.1) is 12.7 Å². The molecule has 0 fully saturated rings. The lowest BCUT2D eigenvalue weighted by Crippen LogP contribution is -2.52. The molecule has 0 saturated carbocycles. The molecule has 0 aliphatic rings. The van der Waals surface area contributed by atoms with Gasteiger partial charge in [0.25, 0.3) is 0 Å². The second-order valence-corrected chi connectivity index (χ2v) is 8.28. The number of pyridine rings is 1. The Morgan fingerprint density at radius 1 is 1.13 bits per heavy atom. The van der Waals surface area contributed by atoms with E-state index in [1.54, 1.807) is 32.9 Å². The number of methoxy groups -OCH3 is 1. The summed E-state index contributed by atoms with van der Waals surface area (Å²) in [6.07, 6.45) is -2.66. The maximum atomic E-state index is 14.1. The van der Waals surface area contributed by atoms with Gasteiger partial charge in [0.05, 0.1) is 25.4 Å². The first-order chi connectivity index (χ1) is 13.9. The van der Waals surface area contributed by atoms with E-state index in [0.29, 0.717) is 27.9 Å². The molecule has 3 rings (SSSR count). The molecule has 1 atom stereocenters. The number of aromatic nitrogens is 2. The lowest BCUT2D eigenvalue weighted by Gasteiger charge is -2.39. The molecule has 8 heteroatoms. The molecule has 0 amide bonds. The van der Waals surface area contributed by atoms with Crippen LogP contribution in [0.25, 0.3) is 10.9 Å². The average Bonchev–Trinajstić information content (AvgIpc) is 3.04. The maximum Gasteiger partial charge on any atom is 0.418 e. The van der Waals surface area contributed by atoms with Crippen molar-refractivity contribution in [2.24, 2.45) is 0 Å². The number of halogens is 4. The Morgan fingerprint density at radius 3 is 2.47 bits per heavy atom. The van der Waals surface area contributed by atoms with Crippen molar-refractivity contribution in [3.8, 4) is 5.88 Å². The van der Waals surface area contributed by atoms with Gasteiger partial charge in [-0.25, -0.2) is 9.37 Å². The number of hydrogen-bond acceptors (Lipinski definition) is 3. The Hall–Kier alpha value is -2.61. The monoisotopic (exact) mass is 424 g/mol. The molecular formula is C22H24F4N2O2. The van der Waals surface area contributed by atoms with Crippen LogP contribution in [0.5, 0.6) is 5.88 Å². The highest BCUT2D eigenvalue weighted by molar-refractivity contribution is 5.80. The van der Waals surface area contributed by atoms with Crippen molar-refractivity contribution < 1.29 is 27.4 Å². The predicted molar refractivity (Wildman–Crippen MR) is 106 cm³/mol. The van der Waals surface area contributed by atoms with Crippen molar-refractivity contribution in [3.63, 3.8) is 0 Å². The Morgan fingerprint density at radius 2 is 1.83 bits per heavy atom. The molecule has 2 heterocycles. The fraction of sp³-hybridized carbons (Fsp3) is 0.409. The minimum Gasteiger partial charge on any atom is -0.481 e. The highest BCUT2D eigenvalue weighted by Gasteiger charge is 2.56. The van der Waals surface area contributed by atoms with Gasteiger partial charge in [-0.1, -0.05) is 19.9 Å². The molecule has 30 heavy (non-hydrogen) atoms. The summed E-state index contributed by atoms with van der Waals surface area (Å²) in [6.45, 7) is 4.14. The van der Waals surface area contributed by atoms with Crippen molar-refractivity contribution in [3.05, 3.63) is 59.7 Å². The molecule has 0 aliphatic heterocycles. The number of ether oxygens (including phenoxy) is 1. The Balaban J connectivity index is 2.00. The van der Waals surface area contributed by atoms with Crippen molar-refractivity contribution >= 4 is 10.9 Å². The van der Waals surface area contributed by atoms with Crippen LogP contribution in [0.1, 0.15) is 31.4 Å². The van der Waals surface area contributed by atoms with Crippen molar-refractivity contribution in [1.29, 1.82) is 0 Å². The topological polar surface area (TPSA) is 47.3 Å². The zero-order valence-corrected chi connectivity index (χ0v) is 17.2. The van der Waals surface area contributed by atoms with Gasteiger partial charge < -0.3 is 14.4 Å². The summed E-state index contributed by atoms with van der Waals surface area (Å²) in [7, 11) is 1.45. The highest BCUT2D eigenvalue weighted by atomic mass is 19.4. The van der Waals surface area contributed by atoms with E-state index < -0.39 is 36.0 Å². The zero-order chi connectivity index (χ0) is 22.3. The minimum atomic E-state index is -4.90. The summed E-state index contributed by atoms with van der Waals surface area (Å²) in [5, 5.41) is 11.5. The van der Waals surface area contributed by atoms with Crippen LogP contribution in [0.15, 0.2) is 42.7 Å². The zero-order valence-electron chi connectivity index (χ0n) is 17.2. The van der Waals surface area contributed by atoms with Gasteiger partial charge in [0.1, 0.15) is 5.82 Å². The van der Waals surface area contributed by atoms with Crippen molar-refractivity contribution in [1.82, 2.24) is 9.55 Å². The SMILES string of the molecule is COc1cc2ccn(CC(O)(CC(C)(C)c3cc(F)ccc3C)C(F)(F)F)c2cn1. The van der Waals surface area contributed by atoms with E-state index in [-0.39, 0.29) is 0 Å². The molecule has 0 bridgehead atoms. The minimum absolute atomic E-state index is 0.342. The molecule has 2 aromatic heterocycles. The average molecular weight is 424 g/mol. The Bertz CT molecular complexity index is 1060. The third-order valence-corrected chi connectivity index (χ3v) is 5.46. The van der Waals surface area contributed by atoms with Gasteiger partial charge >= 0.3 is 6.18 Å². The molecule has 0 aliphatic carbocycles. The first-order valence-electron chi connectivity index (χ1n) is 9.41. The number of aryl methyl sites for hydroxylation is 1. The number of fused-ring (bicyclic) bond motifs is 1. The quantitative estimate of drug-likeness (QED) is 0.557. The highest BCUT2D eigenvalue weighted by Crippen LogP contribution is 2.43. The van der Waals surface area contributed by atoms with Crippen LogP contribution >= 0.6 is 0 Å². The summed E-state index contributed by atoms with van der Waals surface area (Å²) < 4.78 is 62.3. The normalized spacial score (nSPS) is 14.7. The number of benzene rings is 1. The fourth-order valence-electron chi connectivity index (χ4n) is 3.99. The predicted octanol–water partition coefficient (Wildman–Crippen LogP) is 5.15. The first-order valence-corrected chi connectivity index (χ1v) is 9.41. The van der Waals surface area contributed by atoms with E-state index in [9.17, 15) is 22.7 Å². The molecule has 1 unspecified atom stereocenters. The van der Waals surface area contributed by atoms with Crippen LogP contribution in [-0.2, 0) is 12.0 Å². The summed E-state index contributed by atoms with van der Waals surface area (Å²) in [6, 6.07) is 7.26. The Kier molecular flexibility index (Phi) is 5.58. The second-order valence-electron chi connectivity index (χ2n) is 8.28. The molecule has 4 nitrogen and oxygen atoms in total. The van der Waals surface area contributed by atoms with Crippen LogP contribution in [0.2, 0.25) is 0 Å². The van der Waals surface area contributed by atoms with E-state index in [2.05, 4.69) is 4.98 Å². The summed E-state index contributed by atoms with van der Waals surface area (Å²) in [5.41, 5.74) is -2.65. The van der Waals surface area contributed by atoms with E-state index in [1.807, 2.05) is 0 Å². The van der Waals surface area contributed by atoms with Gasteiger partial charge in [-0.05, 0) is 48.1 Å². The molecule has 3 aromatic rings. The van der Waals surface area contributed by atoms with Gasteiger partial charge in [-0.15, -0.1) is 0 Å². The lowest BCUT2D eigenvalue weighted by molar-refractivity contribution is -0.271. The number of aliphatic hydroxyl groups is 1. The van der Waals surface area contributed by atoms with Gasteiger partial charge in [-0.3, -0.25) is 0 Å². The van der Waals surface area contributed by atoms with E-state index >= 15 is 0 Å². The number of hydrogen-bond donors (Lipinski definition) is 1. The lowest BCUT2D eigenvalue weighted by atomic mass is 9.73. The summed E-state index contributed by atoms with van der Waals surface area (Å²) >= 11 is 0. The molecule has 0 spiro atoms. The fourth-order valence-corrected chi connectivity index (χ4v) is 3.99. The van der Waals surface area contributed by atoms with Crippen LogP contribution in [0.4, 0.5) is 17.6 Å². The standard InChI is InChI=1S/C22H24F4N2O2/c1-14-5-6-16(23)10-17(14)20(2,3)12-21(29,22(24,25)26)13-28-8-7-15-9-19(30-4)27-11-18(15)28/h5-11,29H,12-13H2,1-4H3. The summed E-state index contributed by atoms with van der Waals surface area (Å²) in [4.78, 5) is 4.05. The number of alkyl halides is 3. The van der Waals surface area contributed by atoms with Crippen molar-refractivity contribution in [2.45, 2.75) is 50.9 Å². The number of rotatable bonds is 6. The third kappa shape index (κ3) is 4.14. The van der Waals surface area contributed by atoms with Crippen LogP contribution in [0.3, 0.4) is 0 Å². The first kappa shape index (κ1) is 22.1. The number of nitrogens with zero attached hydrogens (tertiary/aromatic N) is 2. The van der Waals surface area contributed by atoms with Gasteiger partial charge in [0.2, 0.25) is 5.88 Å². The molecule has 0 saturated heterocycles. The van der Waals surface area contributed by atoms with Crippen LogP contribution < -0.4 is 4.74 Å². The molecule has 0 radical (unpaired) electrons. The van der Waals surface area contributed by atoms with E-state index in [4.69, 9.17) is 4.74 Å². The van der Waals surface area contributed by atoms with E-state index in [0.717, 1.165) is 0 Å². The third-order valence-electron chi connectivity index (χ3n) is 5.46.